The van der Waals surface area contributed by atoms with E-state index in [0.717, 1.165) is 30.6 Å². The van der Waals surface area contributed by atoms with Gasteiger partial charge in [-0.15, -0.1) is 0 Å². The maximum Gasteiger partial charge on any atom is 0.253 e. The van der Waals surface area contributed by atoms with E-state index in [1.54, 1.807) is 0 Å². The molecule has 2 aromatic carbocycles. The van der Waals surface area contributed by atoms with E-state index in [4.69, 9.17) is 0 Å². The van der Waals surface area contributed by atoms with Gasteiger partial charge >= 0.3 is 0 Å². The highest BCUT2D eigenvalue weighted by Crippen LogP contribution is 2.18. The molecule has 1 amide bonds. The van der Waals surface area contributed by atoms with Crippen molar-refractivity contribution in [3.63, 3.8) is 0 Å². The van der Waals surface area contributed by atoms with Crippen molar-refractivity contribution in [2.75, 3.05) is 19.6 Å². The lowest BCUT2D eigenvalue weighted by Crippen LogP contribution is -2.58. The first-order valence-corrected chi connectivity index (χ1v) is 7.08. The number of rotatable bonds is 1. The topological polar surface area (TPSA) is 32.3 Å². The molecule has 20 heavy (non-hydrogen) atoms. The van der Waals surface area contributed by atoms with Gasteiger partial charge in [-0.05, 0) is 36.8 Å². The zero-order valence-corrected chi connectivity index (χ0v) is 12.0. The average Bonchev–Trinajstić information content (AvgIpc) is 2.45. The van der Waals surface area contributed by atoms with E-state index >= 15 is 0 Å². The highest BCUT2D eigenvalue weighted by molar-refractivity contribution is 5.98. The Balaban J connectivity index is 1.88. The van der Waals surface area contributed by atoms with Crippen LogP contribution in [0.2, 0.25) is 0 Å². The standard InChI is InChI=1S/C17H20N2O/c1-17(2)12-19(10-9-18-17)16(20)15-8-7-13-5-3-4-6-14(13)11-15/h3-8,11,18H,9-10,12H2,1-2H3. The van der Waals surface area contributed by atoms with Crippen molar-refractivity contribution in [1.29, 1.82) is 0 Å². The van der Waals surface area contributed by atoms with Crippen molar-refractivity contribution in [3.8, 4) is 0 Å². The molecule has 1 saturated heterocycles. The molecule has 104 valence electrons. The molecule has 1 N–H and O–H groups in total. The second-order valence-corrected chi connectivity index (χ2v) is 6.10. The van der Waals surface area contributed by atoms with E-state index < -0.39 is 0 Å². The van der Waals surface area contributed by atoms with Gasteiger partial charge in [-0.1, -0.05) is 30.3 Å². The summed E-state index contributed by atoms with van der Waals surface area (Å²) in [6.45, 7) is 6.64. The lowest BCUT2D eigenvalue weighted by Gasteiger charge is -2.39. The summed E-state index contributed by atoms with van der Waals surface area (Å²) in [5.41, 5.74) is 0.770. The highest BCUT2D eigenvalue weighted by Gasteiger charge is 2.29. The number of carbonyl (C=O) groups excluding carboxylic acids is 1. The Bertz CT molecular complexity index is 648. The predicted molar refractivity (Wildman–Crippen MR) is 81.9 cm³/mol. The summed E-state index contributed by atoms with van der Waals surface area (Å²) < 4.78 is 0. The van der Waals surface area contributed by atoms with Gasteiger partial charge in [0.05, 0.1) is 0 Å². The number of benzene rings is 2. The molecule has 0 aromatic heterocycles. The minimum atomic E-state index is -0.00917. The van der Waals surface area contributed by atoms with Crippen molar-refractivity contribution in [2.45, 2.75) is 19.4 Å². The molecular formula is C17H20N2O. The van der Waals surface area contributed by atoms with E-state index in [2.05, 4.69) is 25.2 Å². The van der Waals surface area contributed by atoms with Crippen LogP contribution in [0.15, 0.2) is 42.5 Å². The molecule has 3 nitrogen and oxygen atoms in total. The zero-order chi connectivity index (χ0) is 14.2. The molecule has 3 rings (SSSR count). The van der Waals surface area contributed by atoms with Gasteiger partial charge in [0.25, 0.3) is 5.91 Å². The van der Waals surface area contributed by atoms with Gasteiger partial charge in [-0.2, -0.15) is 0 Å². The van der Waals surface area contributed by atoms with Crippen molar-refractivity contribution < 1.29 is 4.79 Å². The molecule has 0 aliphatic carbocycles. The van der Waals surface area contributed by atoms with Crippen molar-refractivity contribution in [3.05, 3.63) is 48.0 Å². The minimum Gasteiger partial charge on any atom is -0.336 e. The summed E-state index contributed by atoms with van der Waals surface area (Å²) in [5, 5.41) is 5.72. The Kier molecular flexibility index (Phi) is 3.22. The van der Waals surface area contributed by atoms with Gasteiger partial charge in [0, 0.05) is 30.7 Å². The van der Waals surface area contributed by atoms with Crippen LogP contribution in [0.25, 0.3) is 10.8 Å². The van der Waals surface area contributed by atoms with Crippen LogP contribution in [-0.4, -0.2) is 36.0 Å². The summed E-state index contributed by atoms with van der Waals surface area (Å²) in [6.07, 6.45) is 0. The first-order valence-electron chi connectivity index (χ1n) is 7.08. The van der Waals surface area contributed by atoms with Crippen LogP contribution in [-0.2, 0) is 0 Å². The number of hydrogen-bond acceptors (Lipinski definition) is 2. The second kappa shape index (κ2) is 4.91. The molecule has 1 heterocycles. The molecule has 0 bridgehead atoms. The van der Waals surface area contributed by atoms with Gasteiger partial charge in [-0.25, -0.2) is 0 Å². The van der Waals surface area contributed by atoms with Crippen LogP contribution >= 0.6 is 0 Å². The van der Waals surface area contributed by atoms with Crippen molar-refractivity contribution in [2.24, 2.45) is 0 Å². The average molecular weight is 268 g/mol. The Morgan fingerprint density at radius 2 is 1.90 bits per heavy atom. The molecule has 0 saturated carbocycles. The first-order chi connectivity index (χ1) is 9.55. The first kappa shape index (κ1) is 13.1. The third-order valence-electron chi connectivity index (χ3n) is 3.86. The minimum absolute atomic E-state index is 0.00917. The highest BCUT2D eigenvalue weighted by atomic mass is 16.2. The van der Waals surface area contributed by atoms with Crippen LogP contribution in [0.3, 0.4) is 0 Å². The summed E-state index contributed by atoms with van der Waals surface area (Å²) in [7, 11) is 0. The third kappa shape index (κ3) is 2.54. The van der Waals surface area contributed by atoms with Gasteiger partial charge in [-0.3, -0.25) is 4.79 Å². The molecule has 0 atom stereocenters. The van der Waals surface area contributed by atoms with Crippen LogP contribution in [0, 0.1) is 0 Å². The number of nitrogens with one attached hydrogen (secondary N) is 1. The SMILES string of the molecule is CC1(C)CN(C(=O)c2ccc3ccccc3c2)CCN1. The molecule has 1 aliphatic heterocycles. The number of fused-ring (bicyclic) bond motifs is 1. The molecule has 0 spiro atoms. The van der Waals surface area contributed by atoms with E-state index in [-0.39, 0.29) is 11.4 Å². The lowest BCUT2D eigenvalue weighted by molar-refractivity contribution is 0.0652. The van der Waals surface area contributed by atoms with Gasteiger partial charge in [0.2, 0.25) is 0 Å². The summed E-state index contributed by atoms with van der Waals surface area (Å²) in [6, 6.07) is 14.1. The second-order valence-electron chi connectivity index (χ2n) is 6.10. The molecule has 2 aromatic rings. The van der Waals surface area contributed by atoms with Gasteiger partial charge < -0.3 is 10.2 Å². The summed E-state index contributed by atoms with van der Waals surface area (Å²) in [5.74, 6) is 0.130. The predicted octanol–water partition coefficient (Wildman–Crippen LogP) is 2.66. The number of amides is 1. The van der Waals surface area contributed by atoms with E-state index in [0.29, 0.717) is 0 Å². The van der Waals surface area contributed by atoms with Crippen molar-refractivity contribution in [1.82, 2.24) is 10.2 Å². The van der Waals surface area contributed by atoms with Crippen LogP contribution in [0.4, 0.5) is 0 Å². The van der Waals surface area contributed by atoms with Crippen LogP contribution in [0.1, 0.15) is 24.2 Å². The number of piperazine rings is 1. The summed E-state index contributed by atoms with van der Waals surface area (Å²) >= 11 is 0. The van der Waals surface area contributed by atoms with E-state index in [9.17, 15) is 4.79 Å². The zero-order valence-electron chi connectivity index (χ0n) is 12.0. The Labute approximate surface area is 119 Å². The summed E-state index contributed by atoms with van der Waals surface area (Å²) in [4.78, 5) is 14.6. The largest absolute Gasteiger partial charge is 0.336 e. The monoisotopic (exact) mass is 268 g/mol. The van der Waals surface area contributed by atoms with Gasteiger partial charge in [0.1, 0.15) is 0 Å². The lowest BCUT2D eigenvalue weighted by atomic mass is 10.0. The quantitative estimate of drug-likeness (QED) is 0.862. The normalized spacial score (nSPS) is 18.2. The Hall–Kier alpha value is -1.87. The molecular weight excluding hydrogens is 248 g/mol. The fourth-order valence-corrected chi connectivity index (χ4v) is 2.82. The van der Waals surface area contributed by atoms with E-state index in [1.165, 1.54) is 5.39 Å². The fourth-order valence-electron chi connectivity index (χ4n) is 2.82. The maximum absolute atomic E-state index is 12.6. The number of nitrogens with zero attached hydrogens (tertiary/aromatic N) is 1. The third-order valence-corrected chi connectivity index (χ3v) is 3.86. The Morgan fingerprint density at radius 1 is 1.15 bits per heavy atom. The number of hydrogen-bond donors (Lipinski definition) is 1. The van der Waals surface area contributed by atoms with E-state index in [1.807, 2.05) is 41.3 Å². The molecule has 0 unspecified atom stereocenters. The molecule has 1 aliphatic rings. The molecule has 1 fully saturated rings. The smallest absolute Gasteiger partial charge is 0.253 e. The molecule has 3 heteroatoms. The van der Waals surface area contributed by atoms with Gasteiger partial charge in [0.15, 0.2) is 0 Å². The Morgan fingerprint density at radius 3 is 2.65 bits per heavy atom. The molecule has 0 radical (unpaired) electrons. The van der Waals surface area contributed by atoms with Crippen molar-refractivity contribution >= 4 is 16.7 Å². The number of carbonyl (C=O) groups is 1. The van der Waals surface area contributed by atoms with Crippen LogP contribution in [0.5, 0.6) is 0 Å². The maximum atomic E-state index is 12.6. The van der Waals surface area contributed by atoms with Crippen LogP contribution < -0.4 is 5.32 Å². The fraction of sp³-hybridized carbons (Fsp3) is 0.353.